The minimum Gasteiger partial charge on any atom is -0.351 e. The summed E-state index contributed by atoms with van der Waals surface area (Å²) in [4.78, 5) is 15.0. The molecule has 1 aromatic carbocycles. The number of aryl methyl sites for hydroxylation is 1. The number of carbonyl (C=O) groups excluding carboxylic acids is 1. The molecule has 0 radical (unpaired) electrons. The molecule has 0 fully saturated rings. The minimum absolute atomic E-state index is 0.0194. The first-order valence-corrected chi connectivity index (χ1v) is 6.09. The number of benzene rings is 1. The number of para-hydroxylation sites is 1. The SMILES string of the molecule is CCCCNC(=O)c1cc2cccc(C)c2[nH]1. The summed E-state index contributed by atoms with van der Waals surface area (Å²) in [5, 5.41) is 4.00. The zero-order valence-electron chi connectivity index (χ0n) is 10.3. The molecule has 90 valence electrons. The first kappa shape index (κ1) is 11.7. The van der Waals surface area contributed by atoms with Gasteiger partial charge in [-0.25, -0.2) is 0 Å². The quantitative estimate of drug-likeness (QED) is 0.779. The Bertz CT molecular complexity index is 528. The van der Waals surface area contributed by atoms with E-state index >= 15 is 0 Å². The monoisotopic (exact) mass is 230 g/mol. The Hall–Kier alpha value is -1.77. The third kappa shape index (κ3) is 2.49. The molecule has 0 unspecified atom stereocenters. The summed E-state index contributed by atoms with van der Waals surface area (Å²) in [6, 6.07) is 7.97. The number of H-pyrrole nitrogens is 1. The van der Waals surface area contributed by atoms with Crippen molar-refractivity contribution in [3.05, 3.63) is 35.5 Å². The molecule has 0 saturated heterocycles. The lowest BCUT2D eigenvalue weighted by Gasteiger charge is -2.01. The van der Waals surface area contributed by atoms with Gasteiger partial charge in [0, 0.05) is 17.4 Å². The molecule has 3 nitrogen and oxygen atoms in total. The molecule has 2 rings (SSSR count). The molecule has 2 aromatic rings. The standard InChI is InChI=1S/C14H18N2O/c1-3-4-8-15-14(17)12-9-11-7-5-6-10(2)13(11)16-12/h5-7,9,16H,3-4,8H2,1-2H3,(H,15,17). The number of aromatic amines is 1. The summed E-state index contributed by atoms with van der Waals surface area (Å²) in [6.07, 6.45) is 2.11. The van der Waals surface area contributed by atoms with Crippen molar-refractivity contribution in [3.8, 4) is 0 Å². The van der Waals surface area contributed by atoms with E-state index in [1.165, 1.54) is 0 Å². The number of rotatable bonds is 4. The first-order valence-electron chi connectivity index (χ1n) is 6.09. The average Bonchev–Trinajstić information content (AvgIpc) is 2.75. The fraction of sp³-hybridized carbons (Fsp3) is 0.357. The van der Waals surface area contributed by atoms with E-state index in [1.807, 2.05) is 31.2 Å². The van der Waals surface area contributed by atoms with Crippen LogP contribution in [0.1, 0.15) is 35.8 Å². The van der Waals surface area contributed by atoms with E-state index in [4.69, 9.17) is 0 Å². The van der Waals surface area contributed by atoms with Crippen molar-refractivity contribution in [3.63, 3.8) is 0 Å². The zero-order chi connectivity index (χ0) is 12.3. The van der Waals surface area contributed by atoms with Crippen LogP contribution in [0.5, 0.6) is 0 Å². The van der Waals surface area contributed by atoms with Crippen molar-refractivity contribution < 1.29 is 4.79 Å². The van der Waals surface area contributed by atoms with Crippen LogP contribution < -0.4 is 5.32 Å². The second kappa shape index (κ2) is 5.04. The van der Waals surface area contributed by atoms with Crippen LogP contribution in [0.4, 0.5) is 0 Å². The highest BCUT2D eigenvalue weighted by Gasteiger charge is 2.09. The molecule has 3 heteroatoms. The number of amides is 1. The van der Waals surface area contributed by atoms with Gasteiger partial charge < -0.3 is 10.3 Å². The zero-order valence-corrected chi connectivity index (χ0v) is 10.3. The summed E-state index contributed by atoms with van der Waals surface area (Å²) in [5.41, 5.74) is 2.86. The van der Waals surface area contributed by atoms with Gasteiger partial charge in [-0.05, 0) is 25.0 Å². The molecule has 0 atom stereocenters. The summed E-state index contributed by atoms with van der Waals surface area (Å²) < 4.78 is 0. The van der Waals surface area contributed by atoms with E-state index in [0.717, 1.165) is 35.9 Å². The Kier molecular flexibility index (Phi) is 3.47. The van der Waals surface area contributed by atoms with Crippen LogP contribution in [0.3, 0.4) is 0 Å². The van der Waals surface area contributed by atoms with Gasteiger partial charge in [-0.3, -0.25) is 4.79 Å². The van der Waals surface area contributed by atoms with Crippen LogP contribution in [0.15, 0.2) is 24.3 Å². The molecular weight excluding hydrogens is 212 g/mol. The third-order valence-electron chi connectivity index (χ3n) is 2.93. The Balaban J connectivity index is 2.19. The van der Waals surface area contributed by atoms with E-state index in [2.05, 4.69) is 17.2 Å². The smallest absolute Gasteiger partial charge is 0.267 e. The molecule has 0 aliphatic rings. The Morgan fingerprint density at radius 1 is 1.41 bits per heavy atom. The lowest BCUT2D eigenvalue weighted by molar-refractivity contribution is 0.0949. The Morgan fingerprint density at radius 3 is 2.94 bits per heavy atom. The number of fused-ring (bicyclic) bond motifs is 1. The Morgan fingerprint density at radius 2 is 2.24 bits per heavy atom. The lowest BCUT2D eigenvalue weighted by atomic mass is 10.2. The number of aromatic nitrogens is 1. The topological polar surface area (TPSA) is 44.9 Å². The van der Waals surface area contributed by atoms with Gasteiger partial charge in [-0.1, -0.05) is 31.5 Å². The second-order valence-corrected chi connectivity index (χ2v) is 4.33. The highest BCUT2D eigenvalue weighted by Crippen LogP contribution is 2.18. The highest BCUT2D eigenvalue weighted by atomic mass is 16.1. The van der Waals surface area contributed by atoms with Gasteiger partial charge in [0.1, 0.15) is 5.69 Å². The maximum Gasteiger partial charge on any atom is 0.267 e. The normalized spacial score (nSPS) is 10.7. The van der Waals surface area contributed by atoms with Crippen LogP contribution in [-0.2, 0) is 0 Å². The number of nitrogens with one attached hydrogen (secondary N) is 2. The van der Waals surface area contributed by atoms with Crippen LogP contribution in [0.2, 0.25) is 0 Å². The van der Waals surface area contributed by atoms with Gasteiger partial charge >= 0.3 is 0 Å². The minimum atomic E-state index is -0.0194. The Labute approximate surface area is 101 Å². The second-order valence-electron chi connectivity index (χ2n) is 4.33. The van der Waals surface area contributed by atoms with Gasteiger partial charge in [-0.2, -0.15) is 0 Å². The lowest BCUT2D eigenvalue weighted by Crippen LogP contribution is -2.24. The van der Waals surface area contributed by atoms with E-state index in [0.29, 0.717) is 5.69 Å². The van der Waals surface area contributed by atoms with Crippen LogP contribution in [0, 0.1) is 6.92 Å². The van der Waals surface area contributed by atoms with Crippen molar-refractivity contribution in [1.29, 1.82) is 0 Å². The molecule has 0 bridgehead atoms. The molecule has 0 aliphatic heterocycles. The predicted molar refractivity (Wildman–Crippen MR) is 70.3 cm³/mol. The first-order chi connectivity index (χ1) is 8.22. The summed E-state index contributed by atoms with van der Waals surface area (Å²) >= 11 is 0. The van der Waals surface area contributed by atoms with Crippen molar-refractivity contribution in [2.24, 2.45) is 0 Å². The van der Waals surface area contributed by atoms with Gasteiger partial charge in [-0.15, -0.1) is 0 Å². The molecule has 1 aromatic heterocycles. The molecule has 1 heterocycles. The average molecular weight is 230 g/mol. The van der Waals surface area contributed by atoms with Crippen LogP contribution in [0.25, 0.3) is 10.9 Å². The fourth-order valence-electron chi connectivity index (χ4n) is 1.90. The van der Waals surface area contributed by atoms with Crippen LogP contribution >= 0.6 is 0 Å². The summed E-state index contributed by atoms with van der Waals surface area (Å²) in [7, 11) is 0. The molecular formula is C14H18N2O. The largest absolute Gasteiger partial charge is 0.351 e. The fourth-order valence-corrected chi connectivity index (χ4v) is 1.90. The number of hydrogen-bond acceptors (Lipinski definition) is 1. The van der Waals surface area contributed by atoms with Gasteiger partial charge in [0.25, 0.3) is 5.91 Å². The predicted octanol–water partition coefficient (Wildman–Crippen LogP) is 3.01. The summed E-state index contributed by atoms with van der Waals surface area (Å²) in [5.74, 6) is -0.0194. The molecule has 0 aliphatic carbocycles. The van der Waals surface area contributed by atoms with E-state index in [9.17, 15) is 4.79 Å². The number of carbonyl (C=O) groups is 1. The van der Waals surface area contributed by atoms with Gasteiger partial charge in [0.05, 0.1) is 0 Å². The highest BCUT2D eigenvalue weighted by molar-refractivity contribution is 5.98. The molecule has 0 spiro atoms. The third-order valence-corrected chi connectivity index (χ3v) is 2.93. The molecule has 0 saturated carbocycles. The number of hydrogen-bond donors (Lipinski definition) is 2. The maximum absolute atomic E-state index is 11.9. The van der Waals surface area contributed by atoms with Gasteiger partial charge in [0.15, 0.2) is 0 Å². The van der Waals surface area contributed by atoms with Crippen molar-refractivity contribution >= 4 is 16.8 Å². The van der Waals surface area contributed by atoms with Crippen LogP contribution in [-0.4, -0.2) is 17.4 Å². The van der Waals surface area contributed by atoms with E-state index in [-0.39, 0.29) is 5.91 Å². The number of unbranched alkanes of at least 4 members (excludes halogenated alkanes) is 1. The molecule has 2 N–H and O–H groups in total. The molecule has 17 heavy (non-hydrogen) atoms. The van der Waals surface area contributed by atoms with E-state index < -0.39 is 0 Å². The van der Waals surface area contributed by atoms with Crippen molar-refractivity contribution in [1.82, 2.24) is 10.3 Å². The van der Waals surface area contributed by atoms with Gasteiger partial charge in [0.2, 0.25) is 0 Å². The van der Waals surface area contributed by atoms with Crippen molar-refractivity contribution in [2.45, 2.75) is 26.7 Å². The van der Waals surface area contributed by atoms with Crippen molar-refractivity contribution in [2.75, 3.05) is 6.54 Å². The maximum atomic E-state index is 11.9. The summed E-state index contributed by atoms with van der Waals surface area (Å²) in [6.45, 7) is 4.89. The molecule has 1 amide bonds. The van der Waals surface area contributed by atoms with E-state index in [1.54, 1.807) is 0 Å².